The van der Waals surface area contributed by atoms with E-state index in [9.17, 15) is 4.79 Å². The number of anilines is 1. The van der Waals surface area contributed by atoms with Gasteiger partial charge in [0.15, 0.2) is 5.82 Å². The fourth-order valence-corrected chi connectivity index (χ4v) is 3.61. The topological polar surface area (TPSA) is 85.6 Å². The Kier molecular flexibility index (Phi) is 6.69. The number of nitrogens with one attached hydrogen (secondary N) is 1. The average molecular weight is 427 g/mol. The van der Waals surface area contributed by atoms with Gasteiger partial charge in [-0.05, 0) is 24.5 Å². The largest absolute Gasteiger partial charge is 0.320 e. The summed E-state index contributed by atoms with van der Waals surface area (Å²) in [6, 6.07) is 11.4. The van der Waals surface area contributed by atoms with Gasteiger partial charge in [-0.25, -0.2) is 4.98 Å². The van der Waals surface area contributed by atoms with Crippen LogP contribution in [-0.4, -0.2) is 30.3 Å². The van der Waals surface area contributed by atoms with Crippen LogP contribution in [0.15, 0.2) is 55.0 Å². The molecule has 0 saturated heterocycles. The van der Waals surface area contributed by atoms with E-state index in [4.69, 9.17) is 11.6 Å². The summed E-state index contributed by atoms with van der Waals surface area (Å²) in [5.74, 6) is 0.134. The maximum atomic E-state index is 12.7. The summed E-state index contributed by atoms with van der Waals surface area (Å²) in [5.41, 5.74) is 3.10. The number of carbonyl (C=O) groups excluding carboxylic acids is 1. The van der Waals surface area contributed by atoms with Crippen molar-refractivity contribution in [3.8, 4) is 17.1 Å². The summed E-state index contributed by atoms with van der Waals surface area (Å²) in [4.78, 5) is 18.7. The zero-order valence-electron chi connectivity index (χ0n) is 16.1. The molecule has 4 rings (SSSR count). The predicted octanol–water partition coefficient (Wildman–Crippen LogP) is 5.03. The molecule has 0 bridgehead atoms. The zero-order valence-corrected chi connectivity index (χ0v) is 17.7. The second-order valence-electron chi connectivity index (χ2n) is 5.65. The van der Waals surface area contributed by atoms with Gasteiger partial charge in [-0.1, -0.05) is 55.8 Å². The van der Waals surface area contributed by atoms with E-state index in [2.05, 4.69) is 24.9 Å². The van der Waals surface area contributed by atoms with Crippen molar-refractivity contribution in [2.75, 3.05) is 5.32 Å². The summed E-state index contributed by atoms with van der Waals surface area (Å²) in [5, 5.41) is 11.1. The fourth-order valence-electron chi connectivity index (χ4n) is 2.57. The van der Waals surface area contributed by atoms with Crippen molar-refractivity contribution >= 4 is 34.7 Å². The average Bonchev–Trinajstić information content (AvgIpc) is 3.40. The molecule has 0 fully saturated rings. The van der Waals surface area contributed by atoms with Gasteiger partial charge in [-0.3, -0.25) is 4.79 Å². The maximum Gasteiger partial charge on any atom is 0.267 e. The van der Waals surface area contributed by atoms with E-state index in [1.807, 2.05) is 51.1 Å². The molecule has 29 heavy (non-hydrogen) atoms. The molecule has 0 radical (unpaired) electrons. The molecule has 3 heterocycles. The van der Waals surface area contributed by atoms with E-state index in [1.54, 1.807) is 6.07 Å². The van der Waals surface area contributed by atoms with Gasteiger partial charge in [0.1, 0.15) is 4.88 Å². The van der Waals surface area contributed by atoms with Crippen LogP contribution in [0.2, 0.25) is 5.02 Å². The van der Waals surface area contributed by atoms with Crippen LogP contribution >= 0.6 is 23.1 Å². The van der Waals surface area contributed by atoms with Crippen molar-refractivity contribution in [2.45, 2.75) is 20.8 Å². The van der Waals surface area contributed by atoms with Crippen LogP contribution in [0, 0.1) is 6.92 Å². The van der Waals surface area contributed by atoms with E-state index >= 15 is 0 Å². The van der Waals surface area contributed by atoms with E-state index < -0.39 is 0 Å². The lowest BCUT2D eigenvalue weighted by Gasteiger charge is -2.07. The first-order chi connectivity index (χ1) is 14.1. The van der Waals surface area contributed by atoms with Crippen LogP contribution in [0.5, 0.6) is 0 Å². The molecule has 1 amide bonds. The van der Waals surface area contributed by atoms with Crippen LogP contribution < -0.4 is 5.32 Å². The van der Waals surface area contributed by atoms with Crippen LogP contribution in [-0.2, 0) is 0 Å². The first kappa shape index (κ1) is 20.6. The first-order valence-corrected chi connectivity index (χ1v) is 10.1. The van der Waals surface area contributed by atoms with Gasteiger partial charge in [-0.15, -0.1) is 4.80 Å². The molecule has 0 aliphatic rings. The van der Waals surface area contributed by atoms with Gasteiger partial charge < -0.3 is 5.32 Å². The maximum absolute atomic E-state index is 12.7. The molecule has 0 aliphatic heterocycles. The molecule has 0 spiro atoms. The number of nitrogens with zero attached hydrogens (tertiary/aromatic N) is 5. The van der Waals surface area contributed by atoms with Crippen LogP contribution in [0.25, 0.3) is 17.1 Å². The number of hydrogen-bond acceptors (Lipinski definition) is 6. The summed E-state index contributed by atoms with van der Waals surface area (Å²) in [7, 11) is 0. The Hall–Kier alpha value is -3.10. The molecule has 0 unspecified atom stereocenters. The number of benzene rings is 1. The highest BCUT2D eigenvalue weighted by Gasteiger charge is 2.18. The minimum atomic E-state index is -0.255. The van der Waals surface area contributed by atoms with Gasteiger partial charge in [0, 0.05) is 11.1 Å². The number of aromatic nitrogens is 5. The van der Waals surface area contributed by atoms with E-state index in [1.165, 1.54) is 23.4 Å². The van der Waals surface area contributed by atoms with Crippen molar-refractivity contribution in [3.05, 3.63) is 70.5 Å². The number of hydrogen-bond donors (Lipinski definition) is 1. The van der Waals surface area contributed by atoms with Crippen molar-refractivity contribution in [2.24, 2.45) is 0 Å². The lowest BCUT2D eigenvalue weighted by Crippen LogP contribution is -2.12. The van der Waals surface area contributed by atoms with E-state index in [0.29, 0.717) is 21.4 Å². The van der Waals surface area contributed by atoms with Gasteiger partial charge >= 0.3 is 0 Å². The molecule has 1 N–H and O–H groups in total. The molecular formula is C20H19ClN6OS. The molecule has 4 aromatic rings. The molecule has 3 aromatic heterocycles. The second kappa shape index (κ2) is 9.40. The van der Waals surface area contributed by atoms with E-state index in [0.717, 1.165) is 28.4 Å². The normalized spacial score (nSPS) is 10.2. The summed E-state index contributed by atoms with van der Waals surface area (Å²) < 4.78 is 4.43. The SMILES string of the molecule is CC.Cc1c(-c2ccccc2)nsc1C(=O)Nc1cnc(-n2nccn2)c(Cl)c1. The van der Waals surface area contributed by atoms with Crippen molar-refractivity contribution in [1.29, 1.82) is 0 Å². The highest BCUT2D eigenvalue weighted by Crippen LogP contribution is 2.28. The fraction of sp³-hybridized carbons (Fsp3) is 0.150. The van der Waals surface area contributed by atoms with Gasteiger partial charge in [0.05, 0.1) is 35.0 Å². The Morgan fingerprint density at radius 1 is 1.14 bits per heavy atom. The number of halogens is 1. The van der Waals surface area contributed by atoms with Gasteiger partial charge in [0.2, 0.25) is 0 Å². The third kappa shape index (κ3) is 4.49. The number of amides is 1. The highest BCUT2D eigenvalue weighted by molar-refractivity contribution is 7.08. The van der Waals surface area contributed by atoms with Gasteiger partial charge in [-0.2, -0.15) is 14.6 Å². The Morgan fingerprint density at radius 3 is 2.48 bits per heavy atom. The lowest BCUT2D eigenvalue weighted by atomic mass is 10.1. The molecule has 0 aliphatic carbocycles. The van der Waals surface area contributed by atoms with Crippen molar-refractivity contribution in [1.82, 2.24) is 24.4 Å². The standard InChI is InChI=1S/C18H13ClN6OS.C2H6/c1-11-15(12-5-3-2-4-6-12)24-27-16(11)18(26)23-13-9-14(19)17(20-10-13)25-21-7-8-22-25;1-2/h2-10H,1H3,(H,23,26);1-2H3. The van der Waals surface area contributed by atoms with Crippen molar-refractivity contribution in [3.63, 3.8) is 0 Å². The molecule has 0 saturated carbocycles. The van der Waals surface area contributed by atoms with E-state index in [-0.39, 0.29) is 5.91 Å². The monoisotopic (exact) mass is 426 g/mol. The van der Waals surface area contributed by atoms with Crippen LogP contribution in [0.4, 0.5) is 5.69 Å². The van der Waals surface area contributed by atoms with Crippen molar-refractivity contribution < 1.29 is 4.79 Å². The third-order valence-corrected chi connectivity index (χ3v) is 5.09. The number of rotatable bonds is 4. The Balaban J connectivity index is 0.00000117. The third-order valence-electron chi connectivity index (χ3n) is 3.87. The zero-order chi connectivity index (χ0) is 20.8. The highest BCUT2D eigenvalue weighted by atomic mass is 35.5. The van der Waals surface area contributed by atoms with Crippen LogP contribution in [0.3, 0.4) is 0 Å². The predicted molar refractivity (Wildman–Crippen MR) is 116 cm³/mol. The Labute approximate surface area is 177 Å². The summed E-state index contributed by atoms with van der Waals surface area (Å²) in [6.07, 6.45) is 4.58. The molecule has 7 nitrogen and oxygen atoms in total. The number of pyridine rings is 1. The second-order valence-corrected chi connectivity index (χ2v) is 6.83. The summed E-state index contributed by atoms with van der Waals surface area (Å²) >= 11 is 7.41. The minimum absolute atomic E-state index is 0.255. The molecule has 0 atom stereocenters. The smallest absolute Gasteiger partial charge is 0.267 e. The quantitative estimate of drug-likeness (QED) is 0.494. The Morgan fingerprint density at radius 2 is 1.83 bits per heavy atom. The van der Waals surface area contributed by atoms with Gasteiger partial charge in [0.25, 0.3) is 5.91 Å². The first-order valence-electron chi connectivity index (χ1n) is 8.99. The Bertz CT molecular complexity index is 1100. The number of carbonyl (C=O) groups is 1. The molecular weight excluding hydrogens is 408 g/mol. The summed E-state index contributed by atoms with van der Waals surface area (Å²) in [6.45, 7) is 5.89. The minimum Gasteiger partial charge on any atom is -0.320 e. The molecule has 1 aromatic carbocycles. The molecule has 148 valence electrons. The van der Waals surface area contributed by atoms with Crippen LogP contribution in [0.1, 0.15) is 29.1 Å². The molecule has 9 heteroatoms. The lowest BCUT2D eigenvalue weighted by molar-refractivity contribution is 0.103.